The summed E-state index contributed by atoms with van der Waals surface area (Å²) in [6, 6.07) is 0. The summed E-state index contributed by atoms with van der Waals surface area (Å²) in [6.45, 7) is 4.58. The third kappa shape index (κ3) is 5.79. The molecule has 0 bridgehead atoms. The molecule has 1 aromatic rings. The molecule has 0 atom stereocenters. The molecule has 0 aromatic carbocycles. The Morgan fingerprint density at radius 3 is 2.53 bits per heavy atom. The molecule has 1 aromatic heterocycles. The standard InChI is InChI=1S/C6H8N2OS.C3H6O2/c1-2-4-3-7-6(10)8-5(4)9;1-2-5-3-4/h3H,2H2,1H3,(H2,7,8,9,10);3H,2H2,1H3. The quantitative estimate of drug-likeness (QED) is 0.604. The number of ether oxygens (including phenoxy) is 1. The summed E-state index contributed by atoms with van der Waals surface area (Å²) in [5, 5.41) is 0. The molecule has 0 unspecified atom stereocenters. The molecule has 6 heteroatoms. The number of carbonyl (C=O) groups excluding carboxylic acids is 1. The highest BCUT2D eigenvalue weighted by atomic mass is 32.1. The Bertz CT molecular complexity index is 397. The predicted octanol–water partition coefficient (Wildman–Crippen LogP) is 1.17. The van der Waals surface area contributed by atoms with E-state index in [1.807, 2.05) is 6.92 Å². The number of hydrogen-bond acceptors (Lipinski definition) is 4. The van der Waals surface area contributed by atoms with Gasteiger partial charge in [-0.3, -0.25) is 14.6 Å². The second-order valence-electron chi connectivity index (χ2n) is 2.50. The summed E-state index contributed by atoms with van der Waals surface area (Å²) in [5.41, 5.74) is 0.639. The third-order valence-electron chi connectivity index (χ3n) is 1.51. The van der Waals surface area contributed by atoms with Crippen molar-refractivity contribution >= 4 is 18.7 Å². The van der Waals surface area contributed by atoms with Gasteiger partial charge in [0.2, 0.25) is 0 Å². The van der Waals surface area contributed by atoms with Crippen molar-refractivity contribution in [1.82, 2.24) is 9.97 Å². The van der Waals surface area contributed by atoms with Crippen molar-refractivity contribution in [1.29, 1.82) is 0 Å². The number of H-pyrrole nitrogens is 2. The summed E-state index contributed by atoms with van der Waals surface area (Å²) in [4.78, 5) is 25.4. The summed E-state index contributed by atoms with van der Waals surface area (Å²) in [6.07, 6.45) is 2.36. The van der Waals surface area contributed by atoms with Gasteiger partial charge in [0.1, 0.15) is 0 Å². The monoisotopic (exact) mass is 230 g/mol. The van der Waals surface area contributed by atoms with E-state index >= 15 is 0 Å². The second-order valence-corrected chi connectivity index (χ2v) is 2.91. The van der Waals surface area contributed by atoms with Crippen LogP contribution in [0.4, 0.5) is 0 Å². The van der Waals surface area contributed by atoms with Crippen LogP contribution in [0.25, 0.3) is 0 Å². The smallest absolute Gasteiger partial charge is 0.293 e. The van der Waals surface area contributed by atoms with E-state index in [-0.39, 0.29) is 5.56 Å². The lowest BCUT2D eigenvalue weighted by Crippen LogP contribution is -2.12. The Balaban J connectivity index is 0.000000336. The SMILES string of the molecule is CCOC=O.CCc1c[nH]c(=S)[nH]c1=O. The first-order chi connectivity index (χ1) is 7.15. The van der Waals surface area contributed by atoms with Gasteiger partial charge in [0.05, 0.1) is 6.61 Å². The van der Waals surface area contributed by atoms with Crippen molar-refractivity contribution in [3.63, 3.8) is 0 Å². The minimum Gasteiger partial charge on any atom is -0.468 e. The molecular weight excluding hydrogens is 216 g/mol. The van der Waals surface area contributed by atoms with Gasteiger partial charge in [-0.25, -0.2) is 0 Å². The maximum atomic E-state index is 10.9. The van der Waals surface area contributed by atoms with Crippen LogP contribution in [-0.2, 0) is 16.0 Å². The lowest BCUT2D eigenvalue weighted by molar-refractivity contribution is -0.128. The highest BCUT2D eigenvalue weighted by Crippen LogP contribution is 1.85. The van der Waals surface area contributed by atoms with Gasteiger partial charge in [0.25, 0.3) is 12.0 Å². The van der Waals surface area contributed by atoms with Gasteiger partial charge in [-0.05, 0) is 25.6 Å². The van der Waals surface area contributed by atoms with Crippen LogP contribution in [0.1, 0.15) is 19.4 Å². The molecule has 1 heterocycles. The molecule has 0 amide bonds. The first kappa shape index (κ1) is 13.6. The number of aromatic nitrogens is 2. The molecule has 0 aliphatic rings. The molecule has 0 spiro atoms. The molecular formula is C9H14N2O3S. The van der Waals surface area contributed by atoms with Crippen molar-refractivity contribution in [3.05, 3.63) is 26.9 Å². The number of carbonyl (C=O) groups is 1. The number of aromatic amines is 2. The van der Waals surface area contributed by atoms with E-state index in [0.717, 1.165) is 12.0 Å². The van der Waals surface area contributed by atoms with E-state index in [1.54, 1.807) is 13.1 Å². The van der Waals surface area contributed by atoms with Crippen LogP contribution in [0.2, 0.25) is 0 Å². The summed E-state index contributed by atoms with van der Waals surface area (Å²) in [7, 11) is 0. The topological polar surface area (TPSA) is 75.0 Å². The average Bonchev–Trinajstić information content (AvgIpc) is 2.20. The molecule has 0 aliphatic carbocycles. The molecule has 0 aliphatic heterocycles. The highest BCUT2D eigenvalue weighted by Gasteiger charge is 1.92. The van der Waals surface area contributed by atoms with Crippen LogP contribution in [0, 0.1) is 4.77 Å². The maximum Gasteiger partial charge on any atom is 0.293 e. The molecule has 0 saturated carbocycles. The molecule has 2 N–H and O–H groups in total. The fourth-order valence-electron chi connectivity index (χ4n) is 0.768. The zero-order valence-corrected chi connectivity index (χ0v) is 9.52. The Morgan fingerprint density at radius 1 is 1.53 bits per heavy atom. The number of rotatable bonds is 3. The molecule has 1 rings (SSSR count). The summed E-state index contributed by atoms with van der Waals surface area (Å²) < 4.78 is 4.53. The van der Waals surface area contributed by atoms with Crippen molar-refractivity contribution in [2.45, 2.75) is 20.3 Å². The molecule has 0 radical (unpaired) electrons. The normalized spacial score (nSPS) is 8.67. The average molecular weight is 230 g/mol. The van der Waals surface area contributed by atoms with E-state index in [4.69, 9.17) is 12.2 Å². The van der Waals surface area contributed by atoms with Crippen LogP contribution >= 0.6 is 12.2 Å². The number of hydrogen-bond donors (Lipinski definition) is 2. The molecule has 15 heavy (non-hydrogen) atoms. The van der Waals surface area contributed by atoms with E-state index in [9.17, 15) is 9.59 Å². The van der Waals surface area contributed by atoms with Crippen LogP contribution in [0.5, 0.6) is 0 Å². The maximum absolute atomic E-state index is 10.9. The largest absolute Gasteiger partial charge is 0.468 e. The molecule has 0 fully saturated rings. The van der Waals surface area contributed by atoms with E-state index in [2.05, 4.69) is 14.7 Å². The van der Waals surface area contributed by atoms with Gasteiger partial charge < -0.3 is 9.72 Å². The predicted molar refractivity (Wildman–Crippen MR) is 59.3 cm³/mol. The minimum atomic E-state index is -0.0914. The van der Waals surface area contributed by atoms with E-state index < -0.39 is 0 Å². The van der Waals surface area contributed by atoms with Crippen LogP contribution in [0.3, 0.4) is 0 Å². The van der Waals surface area contributed by atoms with Crippen LogP contribution < -0.4 is 5.56 Å². The molecule has 0 saturated heterocycles. The zero-order valence-electron chi connectivity index (χ0n) is 8.70. The van der Waals surface area contributed by atoms with Crippen molar-refractivity contribution < 1.29 is 9.53 Å². The van der Waals surface area contributed by atoms with E-state index in [1.165, 1.54) is 0 Å². The summed E-state index contributed by atoms with van der Waals surface area (Å²) >= 11 is 4.70. The van der Waals surface area contributed by atoms with Gasteiger partial charge >= 0.3 is 0 Å². The van der Waals surface area contributed by atoms with Gasteiger partial charge in [-0.15, -0.1) is 0 Å². The fourth-order valence-corrected chi connectivity index (χ4v) is 0.920. The van der Waals surface area contributed by atoms with Crippen molar-refractivity contribution in [2.75, 3.05) is 6.61 Å². The van der Waals surface area contributed by atoms with Gasteiger partial charge in [0.15, 0.2) is 4.77 Å². The lowest BCUT2D eigenvalue weighted by Gasteiger charge is -1.91. The van der Waals surface area contributed by atoms with Crippen molar-refractivity contribution in [3.8, 4) is 0 Å². The zero-order chi connectivity index (χ0) is 11.7. The number of aryl methyl sites for hydroxylation is 1. The Morgan fingerprint density at radius 2 is 2.20 bits per heavy atom. The molecule has 5 nitrogen and oxygen atoms in total. The van der Waals surface area contributed by atoms with E-state index in [0.29, 0.717) is 17.9 Å². The van der Waals surface area contributed by atoms with Crippen molar-refractivity contribution in [2.24, 2.45) is 0 Å². The first-order valence-electron chi connectivity index (χ1n) is 4.51. The lowest BCUT2D eigenvalue weighted by atomic mass is 10.3. The van der Waals surface area contributed by atoms with Crippen LogP contribution in [-0.4, -0.2) is 23.0 Å². The Kier molecular flexibility index (Phi) is 7.17. The van der Waals surface area contributed by atoms with Gasteiger partial charge in [-0.1, -0.05) is 6.92 Å². The fraction of sp³-hybridized carbons (Fsp3) is 0.444. The highest BCUT2D eigenvalue weighted by molar-refractivity contribution is 7.71. The Labute approximate surface area is 92.5 Å². The molecule has 84 valence electrons. The first-order valence-corrected chi connectivity index (χ1v) is 4.92. The number of nitrogens with one attached hydrogen (secondary N) is 2. The van der Waals surface area contributed by atoms with Crippen LogP contribution in [0.15, 0.2) is 11.0 Å². The minimum absolute atomic E-state index is 0.0914. The van der Waals surface area contributed by atoms with Gasteiger partial charge in [-0.2, -0.15) is 0 Å². The third-order valence-corrected chi connectivity index (χ3v) is 1.73. The second kappa shape index (κ2) is 7.93. The Hall–Kier alpha value is -1.43. The summed E-state index contributed by atoms with van der Waals surface area (Å²) in [5.74, 6) is 0. The van der Waals surface area contributed by atoms with Gasteiger partial charge in [0, 0.05) is 11.8 Å².